The van der Waals surface area contributed by atoms with Gasteiger partial charge in [0.2, 0.25) is 11.8 Å². The predicted octanol–water partition coefficient (Wildman–Crippen LogP) is 0.553. The van der Waals surface area contributed by atoms with E-state index in [1.165, 1.54) is 23.4 Å². The van der Waals surface area contributed by atoms with Gasteiger partial charge in [-0.05, 0) is 25.5 Å². The molecule has 0 atom stereocenters. The fourth-order valence-electron chi connectivity index (χ4n) is 2.40. The summed E-state index contributed by atoms with van der Waals surface area (Å²) in [6.45, 7) is 8.92. The third kappa shape index (κ3) is 3.45. The summed E-state index contributed by atoms with van der Waals surface area (Å²) < 4.78 is 0. The fraction of sp³-hybridized carbons (Fsp3) is 0.250. The van der Waals surface area contributed by atoms with Gasteiger partial charge in [0.1, 0.15) is 6.54 Å². The maximum atomic E-state index is 12.5. The molecular weight excluding hydrogens is 296 g/mol. The van der Waals surface area contributed by atoms with Crippen LogP contribution in [0.15, 0.2) is 47.8 Å². The summed E-state index contributed by atoms with van der Waals surface area (Å²) in [5.41, 5.74) is 1.74. The number of nitrogens with zero attached hydrogens (tertiary/aromatic N) is 2. The van der Waals surface area contributed by atoms with Crippen LogP contribution in [-0.2, 0) is 16.0 Å². The van der Waals surface area contributed by atoms with Crippen LogP contribution in [0.1, 0.15) is 17.7 Å². The number of carbonyl (C=O) groups excluding carboxylic acids is 2. The van der Waals surface area contributed by atoms with Crippen LogP contribution in [0.3, 0.4) is 0 Å². The maximum Gasteiger partial charge on any atom is 0.254 e. The Morgan fingerprint density at radius 2 is 2.13 bits per heavy atom. The number of nitrogens with one attached hydrogen (secondary N) is 2. The number of H-pyrrole nitrogens is 1. The van der Waals surface area contributed by atoms with Crippen LogP contribution in [0.2, 0.25) is 0 Å². The molecule has 0 aromatic carbocycles. The summed E-state index contributed by atoms with van der Waals surface area (Å²) in [5.74, 6) is -0.564. The molecule has 1 aliphatic rings. The smallest absolute Gasteiger partial charge is 0.254 e. The van der Waals surface area contributed by atoms with Gasteiger partial charge < -0.3 is 15.2 Å². The molecule has 2 heterocycles. The first-order chi connectivity index (χ1) is 11.0. The second-order valence-corrected chi connectivity index (χ2v) is 5.03. The number of amides is 2. The van der Waals surface area contributed by atoms with Crippen molar-refractivity contribution in [2.45, 2.75) is 19.8 Å². The van der Waals surface area contributed by atoms with Crippen molar-refractivity contribution in [1.82, 2.24) is 20.2 Å². The summed E-state index contributed by atoms with van der Waals surface area (Å²) >= 11 is 0. The first-order valence-corrected chi connectivity index (χ1v) is 7.10. The lowest BCUT2D eigenvalue weighted by Crippen LogP contribution is -2.45. The van der Waals surface area contributed by atoms with Crippen molar-refractivity contribution in [3.8, 4) is 0 Å². The number of allylic oxidation sites excluding steroid dienone is 2. The zero-order chi connectivity index (χ0) is 17.0. The van der Waals surface area contributed by atoms with Crippen LogP contribution < -0.4 is 10.9 Å². The zero-order valence-corrected chi connectivity index (χ0v) is 12.9. The molecule has 0 aliphatic carbocycles. The van der Waals surface area contributed by atoms with Gasteiger partial charge >= 0.3 is 0 Å². The standard InChI is InChI=1S/C16H18N4O3/c1-4-12-13(5-2)20(8-14(21)19-12)15(22)7-6-11-10(3)17-9-18-16(11)23/h4-5,9H,1-2,6-8H2,3H3,(H,19,21)(H,17,18,23). The molecule has 23 heavy (non-hydrogen) atoms. The average molecular weight is 314 g/mol. The molecule has 1 aromatic heterocycles. The highest BCUT2D eigenvalue weighted by molar-refractivity contribution is 5.90. The van der Waals surface area contributed by atoms with Crippen molar-refractivity contribution in [3.05, 3.63) is 64.6 Å². The van der Waals surface area contributed by atoms with Gasteiger partial charge in [-0.2, -0.15) is 0 Å². The fourth-order valence-corrected chi connectivity index (χ4v) is 2.40. The van der Waals surface area contributed by atoms with Crippen molar-refractivity contribution in [3.63, 3.8) is 0 Å². The van der Waals surface area contributed by atoms with E-state index in [-0.39, 0.29) is 36.8 Å². The van der Waals surface area contributed by atoms with Crippen molar-refractivity contribution in [1.29, 1.82) is 0 Å². The van der Waals surface area contributed by atoms with Crippen LogP contribution in [0.4, 0.5) is 0 Å². The topological polar surface area (TPSA) is 95.2 Å². The molecule has 7 nitrogen and oxygen atoms in total. The molecule has 7 heteroatoms. The molecule has 0 spiro atoms. The van der Waals surface area contributed by atoms with E-state index in [9.17, 15) is 14.4 Å². The van der Waals surface area contributed by atoms with Crippen LogP contribution in [0.25, 0.3) is 0 Å². The summed E-state index contributed by atoms with van der Waals surface area (Å²) in [6.07, 6.45) is 4.62. The van der Waals surface area contributed by atoms with Gasteiger partial charge in [0.15, 0.2) is 0 Å². The number of hydrogen-bond donors (Lipinski definition) is 2. The molecule has 2 rings (SSSR count). The predicted molar refractivity (Wildman–Crippen MR) is 85.2 cm³/mol. The zero-order valence-electron chi connectivity index (χ0n) is 12.9. The Bertz CT molecular complexity index is 761. The van der Waals surface area contributed by atoms with E-state index in [4.69, 9.17) is 0 Å². The van der Waals surface area contributed by atoms with Crippen molar-refractivity contribution < 1.29 is 9.59 Å². The number of aryl methyl sites for hydroxylation is 1. The normalized spacial score (nSPS) is 14.5. The Hall–Kier alpha value is -2.96. The highest BCUT2D eigenvalue weighted by Crippen LogP contribution is 2.17. The van der Waals surface area contributed by atoms with E-state index in [0.717, 1.165) is 0 Å². The molecule has 2 N–H and O–H groups in total. The number of aromatic amines is 1. The molecular formula is C16H18N4O3. The number of hydrogen-bond acceptors (Lipinski definition) is 4. The maximum absolute atomic E-state index is 12.5. The third-order valence-electron chi connectivity index (χ3n) is 3.59. The van der Waals surface area contributed by atoms with Gasteiger partial charge in [-0.1, -0.05) is 13.2 Å². The van der Waals surface area contributed by atoms with Gasteiger partial charge in [0.25, 0.3) is 5.56 Å². The third-order valence-corrected chi connectivity index (χ3v) is 3.59. The number of rotatable bonds is 5. The van der Waals surface area contributed by atoms with Crippen molar-refractivity contribution in [2.24, 2.45) is 0 Å². The molecule has 0 unspecified atom stereocenters. The molecule has 0 saturated carbocycles. The first kappa shape index (κ1) is 16.4. The Morgan fingerprint density at radius 3 is 2.74 bits per heavy atom. The molecule has 1 aliphatic heterocycles. The first-order valence-electron chi connectivity index (χ1n) is 7.10. The van der Waals surface area contributed by atoms with E-state index in [1.54, 1.807) is 6.92 Å². The molecule has 0 fully saturated rings. The molecule has 120 valence electrons. The Balaban J connectivity index is 2.20. The molecule has 2 amide bonds. The van der Waals surface area contributed by atoms with E-state index in [0.29, 0.717) is 22.7 Å². The minimum atomic E-state index is -0.297. The SMILES string of the molecule is C=CC1=C(C=C)N(C(=O)CCc2c(C)nc[nH]c2=O)CC(=O)N1. The van der Waals surface area contributed by atoms with Crippen LogP contribution >= 0.6 is 0 Å². The summed E-state index contributed by atoms with van der Waals surface area (Å²) in [4.78, 5) is 43.8. The Morgan fingerprint density at radius 1 is 1.39 bits per heavy atom. The second-order valence-electron chi connectivity index (χ2n) is 5.03. The van der Waals surface area contributed by atoms with Gasteiger partial charge in [-0.25, -0.2) is 4.98 Å². The summed E-state index contributed by atoms with van der Waals surface area (Å²) in [7, 11) is 0. The van der Waals surface area contributed by atoms with Gasteiger partial charge in [0.05, 0.1) is 17.7 Å². The van der Waals surface area contributed by atoms with Crippen LogP contribution in [0, 0.1) is 6.92 Å². The molecule has 1 aromatic rings. The Kier molecular flexibility index (Phi) is 4.90. The number of carbonyl (C=O) groups is 2. The van der Waals surface area contributed by atoms with E-state index < -0.39 is 0 Å². The van der Waals surface area contributed by atoms with Crippen LogP contribution in [0.5, 0.6) is 0 Å². The van der Waals surface area contributed by atoms with Gasteiger partial charge in [-0.3, -0.25) is 14.4 Å². The molecule has 0 bridgehead atoms. The highest BCUT2D eigenvalue weighted by Gasteiger charge is 2.26. The van der Waals surface area contributed by atoms with E-state index >= 15 is 0 Å². The lowest BCUT2D eigenvalue weighted by molar-refractivity contribution is -0.134. The van der Waals surface area contributed by atoms with Gasteiger partial charge in [0, 0.05) is 17.7 Å². The number of aromatic nitrogens is 2. The van der Waals surface area contributed by atoms with Gasteiger partial charge in [-0.15, -0.1) is 0 Å². The minimum absolute atomic E-state index is 0.0834. The molecule has 0 saturated heterocycles. The van der Waals surface area contributed by atoms with Crippen molar-refractivity contribution >= 4 is 11.8 Å². The molecule has 0 radical (unpaired) electrons. The lowest BCUT2D eigenvalue weighted by atomic mass is 10.1. The summed E-state index contributed by atoms with van der Waals surface area (Å²) in [5, 5.41) is 2.64. The van der Waals surface area contributed by atoms with E-state index in [1.807, 2.05) is 0 Å². The quantitative estimate of drug-likeness (QED) is 0.830. The lowest BCUT2D eigenvalue weighted by Gasteiger charge is -2.29. The average Bonchev–Trinajstić information content (AvgIpc) is 2.53. The van der Waals surface area contributed by atoms with Crippen LogP contribution in [-0.4, -0.2) is 33.2 Å². The minimum Gasteiger partial charge on any atom is -0.323 e. The Labute approximate surface area is 133 Å². The van der Waals surface area contributed by atoms with E-state index in [2.05, 4.69) is 28.4 Å². The summed E-state index contributed by atoms with van der Waals surface area (Å²) in [6, 6.07) is 0. The second kappa shape index (κ2) is 6.87. The largest absolute Gasteiger partial charge is 0.323 e. The van der Waals surface area contributed by atoms with Crippen molar-refractivity contribution in [2.75, 3.05) is 6.54 Å². The monoisotopic (exact) mass is 314 g/mol. The highest BCUT2D eigenvalue weighted by atomic mass is 16.2.